The van der Waals surface area contributed by atoms with Crippen LogP contribution < -0.4 is 10.6 Å². The van der Waals surface area contributed by atoms with Crippen molar-refractivity contribution >= 4 is 52.6 Å². The Morgan fingerprint density at radius 1 is 1.43 bits per heavy atom. The predicted molar refractivity (Wildman–Crippen MR) is 100 cm³/mol. The predicted octanol–water partition coefficient (Wildman–Crippen LogP) is 4.13. The first-order chi connectivity index (χ1) is 10.5. The lowest BCUT2D eigenvalue weighted by molar-refractivity contribution is 0.0929. The lowest BCUT2D eigenvalue weighted by Gasteiger charge is -2.28. The molecule has 3 heterocycles. The van der Waals surface area contributed by atoms with Crippen molar-refractivity contribution in [3.63, 3.8) is 0 Å². The Hall–Kier alpha value is -0.660. The molecule has 2 aromatic heterocycles. The highest BCUT2D eigenvalue weighted by molar-refractivity contribution is 7.24. The molecule has 0 radical (unpaired) electrons. The van der Waals surface area contributed by atoms with Crippen molar-refractivity contribution in [2.45, 2.75) is 38.8 Å². The maximum absolute atomic E-state index is 12.5. The van der Waals surface area contributed by atoms with Gasteiger partial charge in [-0.15, -0.1) is 35.1 Å². The number of carbonyl (C=O) groups is 1. The number of piperidine rings is 1. The number of carbonyl (C=O) groups excluding carboxylic acids is 1. The van der Waals surface area contributed by atoms with Crippen LogP contribution in [0.1, 0.15) is 35.1 Å². The number of aryl methyl sites for hydroxylation is 1. The number of thiophene rings is 1. The third kappa shape index (κ3) is 4.45. The number of rotatable bonds is 3. The normalized spacial score (nSPS) is 20.8. The van der Waals surface area contributed by atoms with Crippen molar-refractivity contribution in [2.75, 3.05) is 6.54 Å². The second-order valence-corrected chi connectivity index (χ2v) is 8.30. The minimum absolute atomic E-state index is 0. The molecule has 0 aromatic carbocycles. The fourth-order valence-electron chi connectivity index (χ4n) is 2.66. The number of amides is 1. The number of hydrogen-bond acceptors (Lipinski definition) is 5. The Labute approximate surface area is 155 Å². The summed E-state index contributed by atoms with van der Waals surface area (Å²) in [5, 5.41) is 7.40. The van der Waals surface area contributed by atoms with E-state index in [-0.39, 0.29) is 24.4 Å². The van der Waals surface area contributed by atoms with Crippen LogP contribution in [-0.4, -0.2) is 29.5 Å². The summed E-state index contributed by atoms with van der Waals surface area (Å²) in [4.78, 5) is 18.7. The van der Waals surface area contributed by atoms with E-state index < -0.39 is 0 Å². The monoisotopic (exact) mass is 391 g/mol. The van der Waals surface area contributed by atoms with Crippen LogP contribution in [0.4, 0.5) is 0 Å². The van der Waals surface area contributed by atoms with Crippen LogP contribution in [-0.2, 0) is 0 Å². The van der Waals surface area contributed by atoms with E-state index in [2.05, 4.69) is 22.5 Å². The zero-order chi connectivity index (χ0) is 15.7. The van der Waals surface area contributed by atoms with Gasteiger partial charge < -0.3 is 10.6 Å². The van der Waals surface area contributed by atoms with Gasteiger partial charge in [0.1, 0.15) is 9.88 Å². The van der Waals surface area contributed by atoms with Gasteiger partial charge >= 0.3 is 0 Å². The maximum Gasteiger partial charge on any atom is 0.263 e. The standard InChI is InChI=1S/C15H18ClN3OS2.ClH/c1-8-7-10(5-6-17-8)19-14(20)13-9(2)18-15(22-13)11-3-4-12(16)21-11;/h3-4,8,10,17H,5-7H2,1-2H3,(H,19,20);1H. The Morgan fingerprint density at radius 3 is 2.87 bits per heavy atom. The van der Waals surface area contributed by atoms with E-state index in [1.165, 1.54) is 22.7 Å². The molecule has 3 rings (SSSR count). The summed E-state index contributed by atoms with van der Waals surface area (Å²) in [6.45, 7) is 4.98. The SMILES string of the molecule is Cc1nc(-c2ccc(Cl)s2)sc1C(=O)NC1CCNC(C)C1.Cl. The third-order valence-corrected chi connectivity index (χ3v) is 6.30. The van der Waals surface area contributed by atoms with Crippen LogP contribution >= 0.6 is 46.7 Å². The van der Waals surface area contributed by atoms with Gasteiger partial charge in [0, 0.05) is 12.1 Å². The fourth-order valence-corrected chi connectivity index (χ4v) is 4.72. The molecule has 0 bridgehead atoms. The first kappa shape index (κ1) is 18.7. The zero-order valence-corrected chi connectivity index (χ0v) is 16.1. The largest absolute Gasteiger partial charge is 0.348 e. The summed E-state index contributed by atoms with van der Waals surface area (Å²) in [5.41, 5.74) is 0.781. The average Bonchev–Trinajstić information content (AvgIpc) is 3.05. The number of hydrogen-bond donors (Lipinski definition) is 2. The Bertz CT molecular complexity index is 686. The molecule has 23 heavy (non-hydrogen) atoms. The molecule has 0 aliphatic carbocycles. The second-order valence-electron chi connectivity index (χ2n) is 5.59. The molecule has 1 fully saturated rings. The highest BCUT2D eigenvalue weighted by Crippen LogP contribution is 2.34. The van der Waals surface area contributed by atoms with E-state index in [1.807, 2.05) is 19.1 Å². The molecule has 4 nitrogen and oxygen atoms in total. The van der Waals surface area contributed by atoms with Crippen LogP contribution in [0.25, 0.3) is 9.88 Å². The molecule has 2 unspecified atom stereocenters. The van der Waals surface area contributed by atoms with Gasteiger partial charge in [0.2, 0.25) is 0 Å². The molecule has 0 saturated carbocycles. The lowest BCUT2D eigenvalue weighted by Crippen LogP contribution is -2.46. The molecule has 126 valence electrons. The maximum atomic E-state index is 12.5. The van der Waals surface area contributed by atoms with Crippen molar-refractivity contribution in [3.8, 4) is 9.88 Å². The van der Waals surface area contributed by atoms with Gasteiger partial charge in [-0.05, 0) is 45.4 Å². The summed E-state index contributed by atoms with van der Waals surface area (Å²) >= 11 is 8.89. The minimum Gasteiger partial charge on any atom is -0.348 e. The number of nitrogens with one attached hydrogen (secondary N) is 2. The summed E-state index contributed by atoms with van der Waals surface area (Å²) in [5.74, 6) is -0.0111. The van der Waals surface area contributed by atoms with E-state index in [1.54, 1.807) is 0 Å². The van der Waals surface area contributed by atoms with E-state index in [0.717, 1.165) is 39.3 Å². The van der Waals surface area contributed by atoms with E-state index >= 15 is 0 Å². The van der Waals surface area contributed by atoms with Gasteiger partial charge in [-0.2, -0.15) is 0 Å². The quantitative estimate of drug-likeness (QED) is 0.826. The molecule has 1 aliphatic rings. The topological polar surface area (TPSA) is 54.0 Å². The van der Waals surface area contributed by atoms with Gasteiger partial charge in [-0.3, -0.25) is 4.79 Å². The van der Waals surface area contributed by atoms with E-state index in [0.29, 0.717) is 10.9 Å². The van der Waals surface area contributed by atoms with E-state index in [4.69, 9.17) is 11.6 Å². The number of aromatic nitrogens is 1. The Morgan fingerprint density at radius 2 is 2.22 bits per heavy atom. The summed E-state index contributed by atoms with van der Waals surface area (Å²) < 4.78 is 0.734. The smallest absolute Gasteiger partial charge is 0.263 e. The molecule has 1 amide bonds. The van der Waals surface area contributed by atoms with Crippen molar-refractivity contribution in [3.05, 3.63) is 27.0 Å². The molecule has 2 atom stereocenters. The first-order valence-corrected chi connectivity index (χ1v) is 9.31. The van der Waals surface area contributed by atoms with Crippen molar-refractivity contribution in [1.29, 1.82) is 0 Å². The van der Waals surface area contributed by atoms with Gasteiger partial charge in [0.25, 0.3) is 5.91 Å². The fraction of sp³-hybridized carbons (Fsp3) is 0.467. The highest BCUT2D eigenvalue weighted by Gasteiger charge is 2.23. The summed E-state index contributed by atoms with van der Waals surface area (Å²) in [6.07, 6.45) is 1.94. The van der Waals surface area contributed by atoms with Gasteiger partial charge in [0.15, 0.2) is 0 Å². The molecule has 0 spiro atoms. The van der Waals surface area contributed by atoms with Crippen LogP contribution in [0.3, 0.4) is 0 Å². The molecular formula is C15H19Cl2N3OS2. The van der Waals surface area contributed by atoms with Crippen molar-refractivity contribution < 1.29 is 4.79 Å². The first-order valence-electron chi connectivity index (χ1n) is 7.30. The molecule has 1 aliphatic heterocycles. The van der Waals surface area contributed by atoms with Crippen LogP contribution in [0.15, 0.2) is 12.1 Å². The lowest BCUT2D eigenvalue weighted by atomic mass is 10.0. The zero-order valence-electron chi connectivity index (χ0n) is 12.9. The second kappa shape index (κ2) is 7.94. The van der Waals surface area contributed by atoms with Gasteiger partial charge in [-0.25, -0.2) is 4.98 Å². The van der Waals surface area contributed by atoms with Crippen LogP contribution in [0.2, 0.25) is 4.34 Å². The number of nitrogens with zero attached hydrogens (tertiary/aromatic N) is 1. The van der Waals surface area contributed by atoms with Crippen molar-refractivity contribution in [1.82, 2.24) is 15.6 Å². The van der Waals surface area contributed by atoms with E-state index in [9.17, 15) is 4.79 Å². The average molecular weight is 392 g/mol. The van der Waals surface area contributed by atoms with Crippen LogP contribution in [0, 0.1) is 6.92 Å². The van der Waals surface area contributed by atoms with Gasteiger partial charge in [0.05, 0.1) is 14.9 Å². The molecule has 8 heteroatoms. The molecule has 2 N–H and O–H groups in total. The Balaban J connectivity index is 0.00000192. The molecular weight excluding hydrogens is 373 g/mol. The summed E-state index contributed by atoms with van der Waals surface area (Å²) in [7, 11) is 0. The molecule has 2 aromatic rings. The molecule has 1 saturated heterocycles. The third-order valence-electron chi connectivity index (χ3n) is 3.75. The number of thiazole rings is 1. The van der Waals surface area contributed by atoms with Crippen molar-refractivity contribution in [2.24, 2.45) is 0 Å². The van der Waals surface area contributed by atoms with Crippen LogP contribution in [0.5, 0.6) is 0 Å². The number of halogens is 2. The highest BCUT2D eigenvalue weighted by atomic mass is 35.5. The van der Waals surface area contributed by atoms with Gasteiger partial charge in [-0.1, -0.05) is 11.6 Å². The summed E-state index contributed by atoms with van der Waals surface area (Å²) in [6, 6.07) is 4.49. The minimum atomic E-state index is -0.0111. The Kier molecular flexibility index (Phi) is 6.45.